The van der Waals surface area contributed by atoms with Gasteiger partial charge in [0.2, 0.25) is 0 Å². The molecular weight excluding hydrogens is 365 g/mol. The van der Waals surface area contributed by atoms with Gasteiger partial charge in [0.05, 0.1) is 5.56 Å². The Labute approximate surface area is 162 Å². The van der Waals surface area contributed by atoms with Crippen molar-refractivity contribution in [1.29, 1.82) is 0 Å². The van der Waals surface area contributed by atoms with E-state index in [9.17, 15) is 13.2 Å². The lowest BCUT2D eigenvalue weighted by Crippen LogP contribution is -2.03. The van der Waals surface area contributed by atoms with Gasteiger partial charge in [-0.05, 0) is 59.9 Å². The van der Waals surface area contributed by atoms with E-state index in [2.05, 4.69) is 45.5 Å². The predicted octanol–water partition coefficient (Wildman–Crippen LogP) is 8.00. The molecule has 0 bridgehead atoms. The average Bonchev–Trinajstić information content (AvgIpc) is 2.96. The maximum Gasteiger partial charge on any atom is 0.416 e. The van der Waals surface area contributed by atoms with Crippen molar-refractivity contribution in [2.45, 2.75) is 45.7 Å². The normalized spacial score (nSPS) is 12.1. The molecule has 0 nitrogen and oxygen atoms in total. The van der Waals surface area contributed by atoms with E-state index in [0.29, 0.717) is 4.70 Å². The fraction of sp³-hybridized carbons (Fsp3) is 0.304. The number of fused-ring (bicyclic) bond motifs is 1. The highest BCUT2D eigenvalue weighted by Gasteiger charge is 2.31. The molecule has 0 aliphatic carbocycles. The summed E-state index contributed by atoms with van der Waals surface area (Å²) in [5, 5.41) is 0.944. The van der Waals surface area contributed by atoms with Crippen LogP contribution in [0.2, 0.25) is 0 Å². The van der Waals surface area contributed by atoms with Gasteiger partial charge in [-0.3, -0.25) is 0 Å². The van der Waals surface area contributed by atoms with Crippen molar-refractivity contribution in [1.82, 2.24) is 0 Å². The van der Waals surface area contributed by atoms with Crippen molar-refractivity contribution < 1.29 is 13.2 Å². The van der Waals surface area contributed by atoms with Gasteiger partial charge in [-0.1, -0.05) is 56.3 Å². The Balaban J connectivity index is 1.91. The summed E-state index contributed by atoms with van der Waals surface area (Å²) >= 11 is 1.48. The molecule has 0 N–H and O–H groups in total. The highest BCUT2D eigenvalue weighted by atomic mass is 32.1. The van der Waals surface area contributed by atoms with Crippen molar-refractivity contribution >= 4 is 27.0 Å². The summed E-state index contributed by atoms with van der Waals surface area (Å²) < 4.78 is 39.9. The molecule has 0 aliphatic rings. The van der Waals surface area contributed by atoms with Crippen molar-refractivity contribution in [3.63, 3.8) is 0 Å². The quantitative estimate of drug-likeness (QED) is 0.415. The van der Waals surface area contributed by atoms with E-state index in [1.165, 1.54) is 34.6 Å². The molecule has 0 saturated carbocycles. The standard InChI is InChI=1S/C23H23F3S/c1-14(2)22-19-10-9-18(23(24,25)26)13-21(19)27-20(22)11-8-16(4)17-7-5-6-15(3)12-17/h5-7,9-10,12-14H,4,8,11H2,1-3H3. The highest BCUT2D eigenvalue weighted by molar-refractivity contribution is 7.19. The lowest BCUT2D eigenvalue weighted by atomic mass is 9.95. The van der Waals surface area contributed by atoms with E-state index in [4.69, 9.17) is 0 Å². The summed E-state index contributed by atoms with van der Waals surface area (Å²) in [6.45, 7) is 10.5. The van der Waals surface area contributed by atoms with Gasteiger partial charge < -0.3 is 0 Å². The minimum Gasteiger partial charge on any atom is -0.166 e. The van der Waals surface area contributed by atoms with Crippen LogP contribution in [0.4, 0.5) is 13.2 Å². The Hall–Kier alpha value is -2.07. The van der Waals surface area contributed by atoms with Crippen LogP contribution in [0, 0.1) is 6.92 Å². The summed E-state index contributed by atoms with van der Waals surface area (Å²) in [5.74, 6) is 0.262. The molecule has 0 aliphatic heterocycles. The molecule has 4 heteroatoms. The number of benzene rings is 2. The number of thiophene rings is 1. The molecule has 0 unspecified atom stereocenters. The van der Waals surface area contributed by atoms with Crippen LogP contribution in [0.1, 0.15) is 53.3 Å². The van der Waals surface area contributed by atoms with Crippen molar-refractivity contribution in [3.05, 3.63) is 76.2 Å². The molecule has 27 heavy (non-hydrogen) atoms. The summed E-state index contributed by atoms with van der Waals surface area (Å²) in [7, 11) is 0. The molecule has 0 radical (unpaired) electrons. The number of hydrogen-bond acceptors (Lipinski definition) is 1. The van der Waals surface area contributed by atoms with E-state index in [-0.39, 0.29) is 5.92 Å². The highest BCUT2D eigenvalue weighted by Crippen LogP contribution is 2.40. The molecule has 3 aromatic rings. The maximum absolute atomic E-state index is 13.0. The zero-order chi connectivity index (χ0) is 19.8. The molecule has 0 fully saturated rings. The largest absolute Gasteiger partial charge is 0.416 e. The minimum atomic E-state index is -4.31. The summed E-state index contributed by atoms with van der Waals surface area (Å²) in [6, 6.07) is 12.3. The second-order valence-corrected chi connectivity index (χ2v) is 8.41. The first-order valence-corrected chi connectivity index (χ1v) is 9.86. The number of allylic oxidation sites excluding steroid dienone is 1. The first-order valence-electron chi connectivity index (χ1n) is 9.04. The fourth-order valence-corrected chi connectivity index (χ4v) is 4.83. The number of rotatable bonds is 5. The maximum atomic E-state index is 13.0. The number of hydrogen-bond donors (Lipinski definition) is 0. The van der Waals surface area contributed by atoms with Gasteiger partial charge in [0.25, 0.3) is 0 Å². The Morgan fingerprint density at radius 3 is 2.48 bits per heavy atom. The van der Waals surface area contributed by atoms with Gasteiger partial charge in [0, 0.05) is 9.58 Å². The van der Waals surface area contributed by atoms with Crippen LogP contribution in [0.5, 0.6) is 0 Å². The third kappa shape index (κ3) is 4.27. The molecular formula is C23H23F3S. The van der Waals surface area contributed by atoms with E-state index in [1.54, 1.807) is 6.07 Å². The van der Waals surface area contributed by atoms with Crippen molar-refractivity contribution in [2.75, 3.05) is 0 Å². The molecule has 2 aromatic carbocycles. The van der Waals surface area contributed by atoms with Crippen LogP contribution in [0.15, 0.2) is 49.0 Å². The zero-order valence-corrected chi connectivity index (χ0v) is 16.6. The smallest absolute Gasteiger partial charge is 0.166 e. The SMILES string of the molecule is C=C(CCc1sc2cc(C(F)(F)F)ccc2c1C(C)C)c1cccc(C)c1. The molecule has 3 rings (SSSR count). The van der Waals surface area contributed by atoms with Crippen LogP contribution in [0.25, 0.3) is 15.7 Å². The van der Waals surface area contributed by atoms with Gasteiger partial charge in [-0.15, -0.1) is 11.3 Å². The minimum absolute atomic E-state index is 0.262. The Bertz CT molecular complexity index is 977. The summed E-state index contributed by atoms with van der Waals surface area (Å²) in [6.07, 6.45) is -2.72. The van der Waals surface area contributed by atoms with Gasteiger partial charge >= 0.3 is 6.18 Å². The van der Waals surface area contributed by atoms with Gasteiger partial charge in [0.15, 0.2) is 0 Å². The Morgan fingerprint density at radius 2 is 1.85 bits per heavy atom. The predicted molar refractivity (Wildman–Crippen MR) is 109 cm³/mol. The molecule has 0 spiro atoms. The van der Waals surface area contributed by atoms with Crippen LogP contribution >= 0.6 is 11.3 Å². The first kappa shape index (κ1) is 19.7. The molecule has 1 aromatic heterocycles. The zero-order valence-electron chi connectivity index (χ0n) is 15.8. The van der Waals surface area contributed by atoms with E-state index >= 15 is 0 Å². The first-order chi connectivity index (χ1) is 12.7. The van der Waals surface area contributed by atoms with Crippen LogP contribution in [-0.2, 0) is 12.6 Å². The van der Waals surface area contributed by atoms with Crippen molar-refractivity contribution in [3.8, 4) is 0 Å². The number of halogens is 3. The van der Waals surface area contributed by atoms with E-state index in [0.717, 1.165) is 34.2 Å². The van der Waals surface area contributed by atoms with Crippen LogP contribution in [-0.4, -0.2) is 0 Å². The second-order valence-electron chi connectivity index (χ2n) is 7.28. The monoisotopic (exact) mass is 388 g/mol. The topological polar surface area (TPSA) is 0 Å². The van der Waals surface area contributed by atoms with E-state index < -0.39 is 11.7 Å². The van der Waals surface area contributed by atoms with E-state index in [1.807, 2.05) is 6.07 Å². The lowest BCUT2D eigenvalue weighted by Gasteiger charge is -2.11. The third-order valence-electron chi connectivity index (χ3n) is 4.79. The third-order valence-corrected chi connectivity index (χ3v) is 6.02. The van der Waals surface area contributed by atoms with Crippen LogP contribution in [0.3, 0.4) is 0 Å². The molecule has 0 amide bonds. The van der Waals surface area contributed by atoms with Crippen molar-refractivity contribution in [2.24, 2.45) is 0 Å². The summed E-state index contributed by atoms with van der Waals surface area (Å²) in [4.78, 5) is 1.16. The average molecular weight is 388 g/mol. The second kappa shape index (κ2) is 7.51. The Kier molecular flexibility index (Phi) is 5.48. The van der Waals surface area contributed by atoms with Crippen LogP contribution < -0.4 is 0 Å². The molecule has 142 valence electrons. The number of alkyl halides is 3. The lowest BCUT2D eigenvalue weighted by molar-refractivity contribution is -0.137. The van der Waals surface area contributed by atoms with Gasteiger partial charge in [-0.25, -0.2) is 0 Å². The summed E-state index contributed by atoms with van der Waals surface area (Å²) in [5.41, 5.74) is 3.96. The van der Waals surface area contributed by atoms with Gasteiger partial charge in [0.1, 0.15) is 0 Å². The fourth-order valence-electron chi connectivity index (χ4n) is 3.44. The molecule has 0 atom stereocenters. The molecule has 1 heterocycles. The van der Waals surface area contributed by atoms with Gasteiger partial charge in [-0.2, -0.15) is 13.2 Å². The number of aryl methyl sites for hydroxylation is 2. The Morgan fingerprint density at radius 1 is 1.11 bits per heavy atom. The molecule has 0 saturated heterocycles.